The van der Waals surface area contributed by atoms with Gasteiger partial charge >= 0.3 is 6.18 Å². The van der Waals surface area contributed by atoms with Crippen LogP contribution in [0, 0.1) is 0 Å². The van der Waals surface area contributed by atoms with Gasteiger partial charge in [0.2, 0.25) is 0 Å². The van der Waals surface area contributed by atoms with Gasteiger partial charge in [-0.3, -0.25) is 0 Å². The number of hydrogen-bond acceptors (Lipinski definition) is 3. The van der Waals surface area contributed by atoms with Crippen LogP contribution in [0.25, 0.3) is 0 Å². The van der Waals surface area contributed by atoms with E-state index in [1.165, 1.54) is 6.20 Å². The summed E-state index contributed by atoms with van der Waals surface area (Å²) >= 11 is 0. The fourth-order valence-corrected chi connectivity index (χ4v) is 1.06. The molecule has 0 saturated heterocycles. The van der Waals surface area contributed by atoms with Gasteiger partial charge in [0.05, 0.1) is 6.10 Å². The quantitative estimate of drug-likeness (QED) is 0.869. The molecule has 1 N–H and O–H groups in total. The normalized spacial score (nSPS) is 11.6. The third-order valence-corrected chi connectivity index (χ3v) is 1.59. The average Bonchev–Trinajstić information content (AvgIpc) is 2.14. The highest BCUT2D eigenvalue weighted by Crippen LogP contribution is 2.24. The van der Waals surface area contributed by atoms with Crippen LogP contribution in [0.5, 0.6) is 5.75 Å². The van der Waals surface area contributed by atoms with E-state index in [9.17, 15) is 13.2 Å². The Bertz CT molecular complexity index is 339. The van der Waals surface area contributed by atoms with Gasteiger partial charge in [-0.15, -0.1) is 0 Å². The molecule has 0 aromatic carbocycles. The number of halogens is 3. The Morgan fingerprint density at radius 2 is 2.12 bits per heavy atom. The maximum absolute atomic E-state index is 12.0. The third-order valence-electron chi connectivity index (χ3n) is 1.59. The Balaban J connectivity index is 2.71. The van der Waals surface area contributed by atoms with Crippen LogP contribution in [0.1, 0.15) is 13.8 Å². The zero-order valence-electron chi connectivity index (χ0n) is 9.01. The Morgan fingerprint density at radius 1 is 1.44 bits per heavy atom. The number of rotatable bonds is 4. The lowest BCUT2D eigenvalue weighted by molar-refractivity contribution is -0.115. The van der Waals surface area contributed by atoms with Gasteiger partial charge in [-0.2, -0.15) is 13.2 Å². The summed E-state index contributed by atoms with van der Waals surface area (Å²) in [5.41, 5.74) is 0. The van der Waals surface area contributed by atoms with Gasteiger partial charge in [0, 0.05) is 6.20 Å². The Kier molecular flexibility index (Phi) is 3.98. The lowest BCUT2D eigenvalue weighted by Crippen LogP contribution is -2.22. The molecule has 1 aromatic heterocycles. The van der Waals surface area contributed by atoms with Crippen molar-refractivity contribution in [1.82, 2.24) is 4.98 Å². The molecule has 0 atom stereocenters. The molecule has 0 fully saturated rings. The number of nitrogens with one attached hydrogen (secondary N) is 1. The molecule has 0 saturated carbocycles. The molecule has 1 heterocycles. The summed E-state index contributed by atoms with van der Waals surface area (Å²) in [6.45, 7) is 2.46. The van der Waals surface area contributed by atoms with Crippen molar-refractivity contribution >= 4 is 5.82 Å². The minimum atomic E-state index is -4.27. The highest BCUT2D eigenvalue weighted by molar-refractivity contribution is 5.49. The largest absolute Gasteiger partial charge is 0.487 e. The van der Waals surface area contributed by atoms with E-state index in [-0.39, 0.29) is 11.9 Å². The molecule has 0 spiro atoms. The van der Waals surface area contributed by atoms with E-state index in [2.05, 4.69) is 10.3 Å². The number of anilines is 1. The highest BCUT2D eigenvalue weighted by atomic mass is 19.4. The molecule has 0 radical (unpaired) electrons. The van der Waals surface area contributed by atoms with Crippen LogP contribution in [0.4, 0.5) is 19.0 Å². The van der Waals surface area contributed by atoms with E-state index in [0.29, 0.717) is 5.75 Å². The number of nitrogens with zero attached hydrogens (tertiary/aromatic N) is 1. The molecule has 1 aromatic rings. The zero-order chi connectivity index (χ0) is 12.2. The number of pyridine rings is 1. The van der Waals surface area contributed by atoms with Gasteiger partial charge < -0.3 is 10.1 Å². The molecular formula is C10H13F3N2O. The molecule has 3 nitrogen and oxygen atoms in total. The fourth-order valence-electron chi connectivity index (χ4n) is 1.06. The molecule has 16 heavy (non-hydrogen) atoms. The SMILES string of the molecule is CC(C)Oc1cccnc1NCC(F)(F)F. The maximum Gasteiger partial charge on any atom is 0.405 e. The number of ether oxygens (including phenoxy) is 1. The van der Waals surface area contributed by atoms with Crippen molar-refractivity contribution in [2.75, 3.05) is 11.9 Å². The summed E-state index contributed by atoms with van der Waals surface area (Å²) in [6.07, 6.45) is -2.98. The van der Waals surface area contributed by atoms with E-state index in [1.807, 2.05) is 0 Å². The van der Waals surface area contributed by atoms with Crippen LogP contribution in [-0.2, 0) is 0 Å². The van der Waals surface area contributed by atoms with Gasteiger partial charge in [-0.05, 0) is 26.0 Å². The molecular weight excluding hydrogens is 221 g/mol. The van der Waals surface area contributed by atoms with Gasteiger partial charge in [-0.1, -0.05) is 0 Å². The molecule has 6 heteroatoms. The van der Waals surface area contributed by atoms with Crippen molar-refractivity contribution in [3.8, 4) is 5.75 Å². The monoisotopic (exact) mass is 234 g/mol. The number of hydrogen-bond donors (Lipinski definition) is 1. The van der Waals surface area contributed by atoms with Crippen molar-refractivity contribution in [1.29, 1.82) is 0 Å². The Hall–Kier alpha value is -1.46. The van der Waals surface area contributed by atoms with E-state index in [4.69, 9.17) is 4.74 Å². The van der Waals surface area contributed by atoms with Crippen LogP contribution in [-0.4, -0.2) is 23.8 Å². The van der Waals surface area contributed by atoms with Crippen molar-refractivity contribution < 1.29 is 17.9 Å². The molecule has 0 aliphatic heterocycles. The number of alkyl halides is 3. The second-order valence-electron chi connectivity index (χ2n) is 3.49. The molecule has 0 bridgehead atoms. The van der Waals surface area contributed by atoms with Gasteiger partial charge in [0.25, 0.3) is 0 Å². The van der Waals surface area contributed by atoms with Crippen molar-refractivity contribution in [3.63, 3.8) is 0 Å². The summed E-state index contributed by atoms with van der Waals surface area (Å²) in [4.78, 5) is 3.80. The lowest BCUT2D eigenvalue weighted by atomic mass is 10.4. The summed E-state index contributed by atoms with van der Waals surface area (Å²) in [7, 11) is 0. The summed E-state index contributed by atoms with van der Waals surface area (Å²) in [6, 6.07) is 3.18. The van der Waals surface area contributed by atoms with Gasteiger partial charge in [0.15, 0.2) is 11.6 Å². The van der Waals surface area contributed by atoms with Gasteiger partial charge in [0.1, 0.15) is 6.54 Å². The van der Waals surface area contributed by atoms with Crippen molar-refractivity contribution in [3.05, 3.63) is 18.3 Å². The molecule has 1 rings (SSSR count). The van der Waals surface area contributed by atoms with E-state index in [0.717, 1.165) is 0 Å². The van der Waals surface area contributed by atoms with Gasteiger partial charge in [-0.25, -0.2) is 4.98 Å². The molecule has 0 amide bonds. The summed E-state index contributed by atoms with van der Waals surface area (Å²) < 4.78 is 41.3. The minimum absolute atomic E-state index is 0.105. The van der Waals surface area contributed by atoms with E-state index in [1.54, 1.807) is 26.0 Å². The van der Waals surface area contributed by atoms with E-state index >= 15 is 0 Å². The zero-order valence-corrected chi connectivity index (χ0v) is 9.01. The molecule has 0 aliphatic rings. The second kappa shape index (κ2) is 5.05. The first-order valence-corrected chi connectivity index (χ1v) is 4.81. The van der Waals surface area contributed by atoms with Crippen LogP contribution in [0.3, 0.4) is 0 Å². The topological polar surface area (TPSA) is 34.1 Å². The van der Waals surface area contributed by atoms with Crippen LogP contribution >= 0.6 is 0 Å². The van der Waals surface area contributed by atoms with Crippen LogP contribution in [0.2, 0.25) is 0 Å². The Labute approximate surface area is 91.6 Å². The standard InChI is InChI=1S/C10H13F3N2O/c1-7(2)16-8-4-3-5-14-9(8)15-6-10(11,12)13/h3-5,7H,6H2,1-2H3,(H,14,15). The van der Waals surface area contributed by atoms with Crippen molar-refractivity contribution in [2.24, 2.45) is 0 Å². The summed E-state index contributed by atoms with van der Waals surface area (Å²) in [5, 5.41) is 2.20. The predicted octanol–water partition coefficient (Wildman–Crippen LogP) is 2.84. The second-order valence-corrected chi connectivity index (χ2v) is 3.49. The Morgan fingerprint density at radius 3 is 2.69 bits per heavy atom. The molecule has 0 unspecified atom stereocenters. The lowest BCUT2D eigenvalue weighted by Gasteiger charge is -2.15. The molecule has 0 aliphatic carbocycles. The molecule has 90 valence electrons. The smallest absolute Gasteiger partial charge is 0.405 e. The first-order valence-electron chi connectivity index (χ1n) is 4.81. The van der Waals surface area contributed by atoms with E-state index < -0.39 is 12.7 Å². The maximum atomic E-state index is 12.0. The van der Waals surface area contributed by atoms with Crippen LogP contribution < -0.4 is 10.1 Å². The fraction of sp³-hybridized carbons (Fsp3) is 0.500. The average molecular weight is 234 g/mol. The summed E-state index contributed by atoms with van der Waals surface area (Å²) in [5.74, 6) is 0.426. The minimum Gasteiger partial charge on any atom is -0.487 e. The van der Waals surface area contributed by atoms with Crippen molar-refractivity contribution in [2.45, 2.75) is 26.1 Å². The first kappa shape index (κ1) is 12.6. The first-order chi connectivity index (χ1) is 7.38. The van der Waals surface area contributed by atoms with Crippen LogP contribution in [0.15, 0.2) is 18.3 Å². The third kappa shape index (κ3) is 4.37. The number of aromatic nitrogens is 1. The predicted molar refractivity (Wildman–Crippen MR) is 54.5 cm³/mol. The highest BCUT2D eigenvalue weighted by Gasteiger charge is 2.27.